The van der Waals surface area contributed by atoms with Gasteiger partial charge in [0.05, 0.1) is 6.54 Å². The van der Waals surface area contributed by atoms with Crippen LogP contribution in [0, 0.1) is 0 Å². The third-order valence-electron chi connectivity index (χ3n) is 2.53. The summed E-state index contributed by atoms with van der Waals surface area (Å²) in [5.41, 5.74) is 0. The van der Waals surface area contributed by atoms with Crippen molar-refractivity contribution in [3.8, 4) is 0 Å². The lowest BCUT2D eigenvalue weighted by molar-refractivity contribution is -0.133. The molecule has 0 aromatic heterocycles. The fraction of sp³-hybridized carbons (Fsp3) is 0.800. The number of amides is 2. The number of carbonyl (C=O) groups excluding carboxylic acids is 2. The Balaban J connectivity index is 2.29. The van der Waals surface area contributed by atoms with E-state index < -0.39 is 0 Å². The zero-order valence-electron chi connectivity index (χ0n) is 8.88. The van der Waals surface area contributed by atoms with Gasteiger partial charge in [-0.1, -0.05) is 6.92 Å². The molecule has 1 heterocycles. The fourth-order valence-corrected chi connectivity index (χ4v) is 1.47. The van der Waals surface area contributed by atoms with Crippen LogP contribution in [0.15, 0.2) is 0 Å². The average molecular weight is 198 g/mol. The molecule has 0 radical (unpaired) electrons. The Bertz CT molecular complexity index is 228. The highest BCUT2D eigenvalue weighted by Crippen LogP contribution is 2.08. The Labute approximate surface area is 84.7 Å². The van der Waals surface area contributed by atoms with Crippen molar-refractivity contribution in [3.63, 3.8) is 0 Å². The van der Waals surface area contributed by atoms with Gasteiger partial charge in [0, 0.05) is 19.0 Å². The van der Waals surface area contributed by atoms with Gasteiger partial charge in [-0.2, -0.15) is 0 Å². The van der Waals surface area contributed by atoms with Gasteiger partial charge in [0.2, 0.25) is 11.8 Å². The molecule has 0 spiro atoms. The maximum absolute atomic E-state index is 11.4. The van der Waals surface area contributed by atoms with E-state index in [1.807, 2.05) is 13.8 Å². The maximum Gasteiger partial charge on any atom is 0.239 e. The lowest BCUT2D eigenvalue weighted by Crippen LogP contribution is -2.41. The Morgan fingerprint density at radius 3 is 2.86 bits per heavy atom. The summed E-state index contributed by atoms with van der Waals surface area (Å²) in [5.74, 6) is 0.0545. The number of rotatable bonds is 4. The van der Waals surface area contributed by atoms with Gasteiger partial charge in [0.1, 0.15) is 0 Å². The van der Waals surface area contributed by atoms with E-state index in [0.29, 0.717) is 6.42 Å². The van der Waals surface area contributed by atoms with Crippen LogP contribution in [0.5, 0.6) is 0 Å². The molecule has 1 aliphatic rings. The predicted molar refractivity (Wildman–Crippen MR) is 53.7 cm³/mol. The van der Waals surface area contributed by atoms with Crippen molar-refractivity contribution in [1.82, 2.24) is 10.2 Å². The molecular formula is C10H18N2O2. The van der Waals surface area contributed by atoms with Crippen LogP contribution in [0.1, 0.15) is 33.1 Å². The lowest BCUT2D eigenvalue weighted by atomic mass is 10.2. The van der Waals surface area contributed by atoms with Gasteiger partial charge in [-0.3, -0.25) is 9.59 Å². The van der Waals surface area contributed by atoms with Gasteiger partial charge < -0.3 is 10.2 Å². The second kappa shape index (κ2) is 4.98. The molecule has 80 valence electrons. The van der Waals surface area contributed by atoms with Crippen LogP contribution >= 0.6 is 0 Å². The Kier molecular flexibility index (Phi) is 3.92. The Hall–Kier alpha value is -1.06. The SMILES string of the molecule is CC[C@@H](C)NC(=O)CN1CCCC1=O. The zero-order valence-corrected chi connectivity index (χ0v) is 8.88. The zero-order chi connectivity index (χ0) is 10.6. The smallest absolute Gasteiger partial charge is 0.239 e. The first kappa shape index (κ1) is 11.0. The molecular weight excluding hydrogens is 180 g/mol. The summed E-state index contributed by atoms with van der Waals surface area (Å²) in [5, 5.41) is 2.84. The summed E-state index contributed by atoms with van der Waals surface area (Å²) in [6, 6.07) is 0.195. The molecule has 0 unspecified atom stereocenters. The van der Waals surface area contributed by atoms with Crippen molar-refractivity contribution in [2.45, 2.75) is 39.2 Å². The van der Waals surface area contributed by atoms with E-state index in [1.54, 1.807) is 4.90 Å². The molecule has 0 aliphatic carbocycles. The highest BCUT2D eigenvalue weighted by atomic mass is 16.2. The molecule has 4 heteroatoms. The van der Waals surface area contributed by atoms with Crippen molar-refractivity contribution in [3.05, 3.63) is 0 Å². The van der Waals surface area contributed by atoms with Crippen LogP contribution < -0.4 is 5.32 Å². The summed E-state index contributed by atoms with van der Waals surface area (Å²) < 4.78 is 0. The van der Waals surface area contributed by atoms with Gasteiger partial charge in [-0.25, -0.2) is 0 Å². The molecule has 1 rings (SSSR count). The molecule has 1 N–H and O–H groups in total. The predicted octanol–water partition coefficient (Wildman–Crippen LogP) is 0.523. The van der Waals surface area contributed by atoms with E-state index in [9.17, 15) is 9.59 Å². The number of nitrogens with zero attached hydrogens (tertiary/aromatic N) is 1. The largest absolute Gasteiger partial charge is 0.352 e. The van der Waals surface area contributed by atoms with Gasteiger partial charge in [-0.05, 0) is 19.8 Å². The minimum absolute atomic E-state index is 0.0467. The Morgan fingerprint density at radius 1 is 1.64 bits per heavy atom. The highest BCUT2D eigenvalue weighted by molar-refractivity contribution is 5.85. The quantitative estimate of drug-likeness (QED) is 0.716. The summed E-state index contributed by atoms with van der Waals surface area (Å²) in [4.78, 5) is 24.2. The average Bonchev–Trinajstić information content (AvgIpc) is 2.51. The molecule has 4 nitrogen and oxygen atoms in total. The topological polar surface area (TPSA) is 49.4 Å². The van der Waals surface area contributed by atoms with Crippen molar-refractivity contribution < 1.29 is 9.59 Å². The van der Waals surface area contributed by atoms with Crippen LogP contribution in [0.2, 0.25) is 0 Å². The number of hydrogen-bond donors (Lipinski definition) is 1. The molecule has 1 saturated heterocycles. The fourth-order valence-electron chi connectivity index (χ4n) is 1.47. The number of likely N-dealkylation sites (tertiary alicyclic amines) is 1. The van der Waals surface area contributed by atoms with Crippen molar-refractivity contribution in [2.75, 3.05) is 13.1 Å². The first-order valence-electron chi connectivity index (χ1n) is 5.20. The second-order valence-electron chi connectivity index (χ2n) is 3.80. The number of carbonyl (C=O) groups is 2. The molecule has 0 aromatic carbocycles. The molecule has 2 amide bonds. The van der Waals surface area contributed by atoms with Gasteiger partial charge in [0.25, 0.3) is 0 Å². The van der Waals surface area contributed by atoms with Crippen LogP contribution in [0.25, 0.3) is 0 Å². The molecule has 1 fully saturated rings. The minimum atomic E-state index is -0.0467. The standard InChI is InChI=1S/C10H18N2O2/c1-3-8(2)11-9(13)7-12-6-4-5-10(12)14/h8H,3-7H2,1-2H3,(H,11,13)/t8-/m1/s1. The van der Waals surface area contributed by atoms with E-state index in [1.165, 1.54) is 0 Å². The van der Waals surface area contributed by atoms with Crippen molar-refractivity contribution in [1.29, 1.82) is 0 Å². The number of nitrogens with one attached hydrogen (secondary N) is 1. The molecule has 1 atom stereocenters. The van der Waals surface area contributed by atoms with Crippen molar-refractivity contribution >= 4 is 11.8 Å². The van der Waals surface area contributed by atoms with Crippen LogP contribution in [-0.4, -0.2) is 35.8 Å². The molecule has 0 bridgehead atoms. The van der Waals surface area contributed by atoms with Crippen LogP contribution in [0.4, 0.5) is 0 Å². The summed E-state index contributed by atoms with van der Waals surface area (Å²) in [6.07, 6.45) is 2.39. The van der Waals surface area contributed by atoms with Crippen molar-refractivity contribution in [2.24, 2.45) is 0 Å². The molecule has 1 aliphatic heterocycles. The van der Waals surface area contributed by atoms with Crippen LogP contribution in [0.3, 0.4) is 0 Å². The van der Waals surface area contributed by atoms with E-state index in [0.717, 1.165) is 19.4 Å². The second-order valence-corrected chi connectivity index (χ2v) is 3.80. The summed E-state index contributed by atoms with van der Waals surface area (Å²) in [6.45, 7) is 4.94. The minimum Gasteiger partial charge on any atom is -0.352 e. The molecule has 0 saturated carbocycles. The lowest BCUT2D eigenvalue weighted by Gasteiger charge is -2.17. The van der Waals surface area contributed by atoms with E-state index >= 15 is 0 Å². The third-order valence-corrected chi connectivity index (χ3v) is 2.53. The molecule has 14 heavy (non-hydrogen) atoms. The highest BCUT2D eigenvalue weighted by Gasteiger charge is 2.22. The monoisotopic (exact) mass is 198 g/mol. The third kappa shape index (κ3) is 3.01. The van der Waals surface area contributed by atoms with E-state index in [4.69, 9.17) is 0 Å². The summed E-state index contributed by atoms with van der Waals surface area (Å²) >= 11 is 0. The van der Waals surface area contributed by atoms with Gasteiger partial charge >= 0.3 is 0 Å². The van der Waals surface area contributed by atoms with E-state index in [-0.39, 0.29) is 24.4 Å². The van der Waals surface area contributed by atoms with E-state index in [2.05, 4.69) is 5.32 Å². The normalized spacial score (nSPS) is 18.4. The number of hydrogen-bond acceptors (Lipinski definition) is 2. The van der Waals surface area contributed by atoms with Gasteiger partial charge in [-0.15, -0.1) is 0 Å². The Morgan fingerprint density at radius 2 is 2.36 bits per heavy atom. The maximum atomic E-state index is 11.4. The first-order chi connectivity index (χ1) is 6.63. The van der Waals surface area contributed by atoms with Crippen LogP contribution in [-0.2, 0) is 9.59 Å². The first-order valence-corrected chi connectivity index (χ1v) is 5.20. The summed E-state index contributed by atoms with van der Waals surface area (Å²) in [7, 11) is 0. The molecule has 0 aromatic rings. The van der Waals surface area contributed by atoms with Gasteiger partial charge in [0.15, 0.2) is 0 Å².